The van der Waals surface area contributed by atoms with E-state index in [0.29, 0.717) is 33.6 Å². The number of phenolic OH excluding ortho intramolecular Hbond substituents is 1. The summed E-state index contributed by atoms with van der Waals surface area (Å²) in [6, 6.07) is 3.88. The van der Waals surface area contributed by atoms with Gasteiger partial charge in [-0.1, -0.05) is 27.4 Å². The first kappa shape index (κ1) is 28.0. The van der Waals surface area contributed by atoms with E-state index in [0.717, 1.165) is 5.71 Å². The summed E-state index contributed by atoms with van der Waals surface area (Å²) < 4.78 is 11.9. The predicted octanol–water partition coefficient (Wildman–Crippen LogP) is 5.42. The number of carbonyl (C=O) groups excluding carboxylic acids is 1. The molecular weight excluding hydrogens is 474 g/mol. The monoisotopic (exact) mass is 511 g/mol. The van der Waals surface area contributed by atoms with Crippen LogP contribution in [0.3, 0.4) is 0 Å². The van der Waals surface area contributed by atoms with E-state index in [2.05, 4.69) is 11.6 Å². The number of carboxylic acids is 1. The van der Waals surface area contributed by atoms with Crippen molar-refractivity contribution in [2.45, 2.75) is 73.1 Å². The van der Waals surface area contributed by atoms with Crippen molar-refractivity contribution in [3.63, 3.8) is 0 Å². The number of rotatable bonds is 6. The molecule has 1 aromatic heterocycles. The normalized spacial score (nSPS) is 20.4. The first-order chi connectivity index (χ1) is 17.1. The summed E-state index contributed by atoms with van der Waals surface area (Å²) in [4.78, 5) is 35.5. The van der Waals surface area contributed by atoms with Gasteiger partial charge in [-0.3, -0.25) is 9.89 Å². The minimum atomic E-state index is -1.13. The van der Waals surface area contributed by atoms with E-state index in [1.54, 1.807) is 52.8 Å². The molecule has 9 heteroatoms. The molecule has 0 radical (unpaired) electrons. The van der Waals surface area contributed by atoms with Crippen molar-refractivity contribution >= 4 is 34.4 Å². The SMILES string of the molecule is C=C(N=C(C)C(C)C)c1cc(OC2CN(C(=O)OC(C)(C)C)C(C(=O)O)C2C)c2ccc(O)c(C)c2n1. The molecule has 2 N–H and O–H groups in total. The lowest BCUT2D eigenvalue weighted by molar-refractivity contribution is -0.143. The predicted molar refractivity (Wildman–Crippen MR) is 143 cm³/mol. The first-order valence-electron chi connectivity index (χ1n) is 12.4. The highest BCUT2D eigenvalue weighted by Crippen LogP contribution is 2.37. The maximum Gasteiger partial charge on any atom is 0.411 e. The van der Waals surface area contributed by atoms with Crippen molar-refractivity contribution in [2.24, 2.45) is 16.8 Å². The van der Waals surface area contributed by atoms with E-state index in [4.69, 9.17) is 14.5 Å². The fourth-order valence-electron chi connectivity index (χ4n) is 4.17. The van der Waals surface area contributed by atoms with Crippen LogP contribution in [0.1, 0.15) is 59.7 Å². The number of benzene rings is 1. The second kappa shape index (κ2) is 10.4. The summed E-state index contributed by atoms with van der Waals surface area (Å²) in [6.07, 6.45) is -1.33. The van der Waals surface area contributed by atoms with Gasteiger partial charge in [-0.05, 0) is 52.7 Å². The molecule has 1 saturated heterocycles. The molecule has 37 heavy (non-hydrogen) atoms. The van der Waals surface area contributed by atoms with E-state index in [-0.39, 0.29) is 18.2 Å². The van der Waals surface area contributed by atoms with Gasteiger partial charge in [0.25, 0.3) is 0 Å². The standard InChI is InChI=1S/C28H37N3O6/c1-14(2)17(5)29-18(6)20-12-22(19-10-11-21(32)15(3)24(19)30-20)36-23-13-31(25(16(23)4)26(33)34)27(35)37-28(7,8)9/h10-12,14,16,23,25,32H,6,13H2,1-5,7-9H3,(H,33,34). The lowest BCUT2D eigenvalue weighted by atomic mass is 10.0. The number of aryl methyl sites for hydroxylation is 1. The molecule has 3 unspecified atom stereocenters. The largest absolute Gasteiger partial charge is 0.508 e. The molecule has 1 amide bonds. The number of pyridine rings is 1. The quantitative estimate of drug-likeness (QED) is 0.496. The van der Waals surface area contributed by atoms with Crippen molar-refractivity contribution in [2.75, 3.05) is 6.54 Å². The van der Waals surface area contributed by atoms with Gasteiger partial charge in [-0.25, -0.2) is 14.6 Å². The van der Waals surface area contributed by atoms with Gasteiger partial charge in [-0.15, -0.1) is 0 Å². The molecule has 3 atom stereocenters. The topological polar surface area (TPSA) is 122 Å². The van der Waals surface area contributed by atoms with E-state index < -0.39 is 35.7 Å². The number of nitrogens with zero attached hydrogens (tertiary/aromatic N) is 3. The number of fused-ring (bicyclic) bond motifs is 1. The summed E-state index contributed by atoms with van der Waals surface area (Å²) >= 11 is 0. The number of aromatic nitrogens is 1. The number of amides is 1. The summed E-state index contributed by atoms with van der Waals surface area (Å²) in [5.74, 6) is -0.901. The molecule has 0 saturated carbocycles. The van der Waals surface area contributed by atoms with Crippen molar-refractivity contribution < 1.29 is 29.3 Å². The van der Waals surface area contributed by atoms with Crippen LogP contribution >= 0.6 is 0 Å². The molecule has 9 nitrogen and oxygen atoms in total. The Kier molecular flexibility index (Phi) is 7.86. The molecule has 200 valence electrons. The molecule has 2 heterocycles. The number of carboxylic acid groups (broad SMARTS) is 1. The van der Waals surface area contributed by atoms with Gasteiger partial charge >= 0.3 is 12.1 Å². The Balaban J connectivity index is 2.05. The van der Waals surface area contributed by atoms with Crippen molar-refractivity contribution in [1.29, 1.82) is 0 Å². The Morgan fingerprint density at radius 1 is 1.27 bits per heavy atom. The fraction of sp³-hybridized carbons (Fsp3) is 0.500. The number of hydrogen-bond donors (Lipinski definition) is 2. The molecular formula is C28H37N3O6. The van der Waals surface area contributed by atoms with Crippen molar-refractivity contribution in [1.82, 2.24) is 9.88 Å². The van der Waals surface area contributed by atoms with Gasteiger partial charge in [0.05, 0.1) is 23.5 Å². The van der Waals surface area contributed by atoms with Crippen LogP contribution in [0.5, 0.6) is 11.5 Å². The minimum absolute atomic E-state index is 0.0365. The molecule has 0 aliphatic carbocycles. The second-order valence-corrected chi connectivity index (χ2v) is 10.9. The molecule has 1 aromatic carbocycles. The van der Waals surface area contributed by atoms with Crippen LogP contribution in [0.2, 0.25) is 0 Å². The molecule has 1 aliphatic heterocycles. The van der Waals surface area contributed by atoms with E-state index in [9.17, 15) is 19.8 Å². The molecule has 3 rings (SSSR count). The number of phenols is 1. The van der Waals surface area contributed by atoms with Crippen LogP contribution < -0.4 is 4.74 Å². The number of aliphatic imine (C=N–C) groups is 1. The summed E-state index contributed by atoms with van der Waals surface area (Å²) in [5.41, 5.74) is 2.13. The number of ether oxygens (including phenoxy) is 2. The average molecular weight is 512 g/mol. The zero-order valence-electron chi connectivity index (χ0n) is 22.8. The van der Waals surface area contributed by atoms with Gasteiger partial charge < -0.3 is 19.7 Å². The molecule has 0 spiro atoms. The highest BCUT2D eigenvalue weighted by atomic mass is 16.6. The second-order valence-electron chi connectivity index (χ2n) is 10.9. The number of hydrogen-bond acceptors (Lipinski definition) is 7. The zero-order valence-corrected chi connectivity index (χ0v) is 22.8. The van der Waals surface area contributed by atoms with Crippen LogP contribution in [-0.4, -0.2) is 62.2 Å². The van der Waals surface area contributed by atoms with Gasteiger partial charge in [0, 0.05) is 28.6 Å². The first-order valence-corrected chi connectivity index (χ1v) is 12.4. The fourth-order valence-corrected chi connectivity index (χ4v) is 4.17. The van der Waals surface area contributed by atoms with Crippen molar-refractivity contribution in [3.05, 3.63) is 36.0 Å². The molecule has 1 aliphatic rings. The van der Waals surface area contributed by atoms with E-state index >= 15 is 0 Å². The maximum absolute atomic E-state index is 12.8. The Labute approximate surface area is 217 Å². The van der Waals surface area contributed by atoms with Crippen LogP contribution in [0.4, 0.5) is 4.79 Å². The highest BCUT2D eigenvalue weighted by molar-refractivity contribution is 5.93. The third kappa shape index (κ3) is 6.03. The highest BCUT2D eigenvalue weighted by Gasteiger charge is 2.48. The molecule has 2 aromatic rings. The summed E-state index contributed by atoms with van der Waals surface area (Å²) in [5, 5.41) is 20.9. The smallest absolute Gasteiger partial charge is 0.411 e. The van der Waals surface area contributed by atoms with Crippen molar-refractivity contribution in [3.8, 4) is 11.5 Å². The third-order valence-corrected chi connectivity index (χ3v) is 6.57. The van der Waals surface area contributed by atoms with E-state index in [1.165, 1.54) is 4.90 Å². The van der Waals surface area contributed by atoms with Crippen LogP contribution in [0.15, 0.2) is 29.8 Å². The lowest BCUT2D eigenvalue weighted by Gasteiger charge is -2.27. The third-order valence-electron chi connectivity index (χ3n) is 6.57. The Morgan fingerprint density at radius 3 is 2.49 bits per heavy atom. The lowest BCUT2D eigenvalue weighted by Crippen LogP contribution is -2.45. The summed E-state index contributed by atoms with van der Waals surface area (Å²) in [6.45, 7) is 18.8. The molecule has 0 bridgehead atoms. The Morgan fingerprint density at radius 2 is 1.92 bits per heavy atom. The maximum atomic E-state index is 12.8. The van der Waals surface area contributed by atoms with Gasteiger partial charge in [-0.2, -0.15) is 0 Å². The van der Waals surface area contributed by atoms with Crippen LogP contribution in [-0.2, 0) is 9.53 Å². The number of carbonyl (C=O) groups is 2. The zero-order chi connectivity index (χ0) is 27.8. The average Bonchev–Trinajstić information content (AvgIpc) is 3.11. The van der Waals surface area contributed by atoms with Crippen LogP contribution in [0.25, 0.3) is 16.6 Å². The number of likely N-dealkylation sites (tertiary alicyclic amines) is 1. The minimum Gasteiger partial charge on any atom is -0.508 e. The molecule has 1 fully saturated rings. The number of aromatic hydroxyl groups is 1. The summed E-state index contributed by atoms with van der Waals surface area (Å²) in [7, 11) is 0. The van der Waals surface area contributed by atoms with E-state index in [1.807, 2.05) is 20.8 Å². The van der Waals surface area contributed by atoms with Gasteiger partial charge in [0.2, 0.25) is 0 Å². The number of aliphatic carboxylic acids is 1. The Hall–Kier alpha value is -3.62. The Bertz CT molecular complexity index is 1260. The van der Waals surface area contributed by atoms with Gasteiger partial charge in [0.1, 0.15) is 29.2 Å². The van der Waals surface area contributed by atoms with Crippen LogP contribution in [0, 0.1) is 18.8 Å². The van der Waals surface area contributed by atoms with Gasteiger partial charge in [0.15, 0.2) is 0 Å².